The lowest BCUT2D eigenvalue weighted by molar-refractivity contribution is -0.142. The average Bonchev–Trinajstić information content (AvgIpc) is 2.86. The summed E-state index contributed by atoms with van der Waals surface area (Å²) >= 11 is 0. The van der Waals surface area contributed by atoms with E-state index in [9.17, 15) is 9.59 Å². The van der Waals surface area contributed by atoms with Gasteiger partial charge in [-0.15, -0.1) is 12.4 Å². The van der Waals surface area contributed by atoms with Crippen molar-refractivity contribution in [3.8, 4) is 0 Å². The van der Waals surface area contributed by atoms with Gasteiger partial charge in [0.05, 0.1) is 0 Å². The molecular weight excluding hydrogens is 278 g/mol. The summed E-state index contributed by atoms with van der Waals surface area (Å²) in [4.78, 5) is 27.5. The van der Waals surface area contributed by atoms with Crippen LogP contribution in [-0.4, -0.2) is 54.8 Å². The van der Waals surface area contributed by atoms with E-state index in [1.165, 1.54) is 0 Å². The van der Waals surface area contributed by atoms with E-state index in [1.54, 1.807) is 23.9 Å². The van der Waals surface area contributed by atoms with Crippen LogP contribution in [0.4, 0.5) is 0 Å². The minimum absolute atomic E-state index is 0. The van der Waals surface area contributed by atoms with E-state index in [4.69, 9.17) is 5.73 Å². The van der Waals surface area contributed by atoms with Crippen LogP contribution in [-0.2, 0) is 9.59 Å². The van der Waals surface area contributed by atoms with Gasteiger partial charge < -0.3 is 15.5 Å². The van der Waals surface area contributed by atoms with Gasteiger partial charge in [-0.05, 0) is 32.2 Å². The molecule has 0 spiro atoms. The van der Waals surface area contributed by atoms with Crippen LogP contribution in [0, 0.1) is 0 Å². The van der Waals surface area contributed by atoms with Gasteiger partial charge in [0, 0.05) is 27.1 Å². The van der Waals surface area contributed by atoms with Gasteiger partial charge in [-0.25, -0.2) is 0 Å². The summed E-state index contributed by atoms with van der Waals surface area (Å²) in [5, 5.41) is 0. The summed E-state index contributed by atoms with van der Waals surface area (Å²) in [6.45, 7) is 1.45. The number of carbonyl (C=O) groups is 2. The van der Waals surface area contributed by atoms with Gasteiger partial charge in [0.2, 0.25) is 11.8 Å². The van der Waals surface area contributed by atoms with Crippen molar-refractivity contribution in [3.05, 3.63) is 0 Å². The molecule has 0 bridgehead atoms. The number of nitrogens with two attached hydrogens (primary N) is 1. The number of hydrogen-bond acceptors (Lipinski definition) is 3. The predicted octanol–water partition coefficient (Wildman–Crippen LogP) is 1.40. The monoisotopic (exact) mass is 305 g/mol. The molecule has 0 aromatic rings. The fourth-order valence-electron chi connectivity index (χ4n) is 2.54. The van der Waals surface area contributed by atoms with Crippen molar-refractivity contribution in [2.45, 2.75) is 51.0 Å². The second kappa shape index (κ2) is 10.00. The van der Waals surface area contributed by atoms with Crippen LogP contribution in [0.2, 0.25) is 0 Å². The number of likely N-dealkylation sites (N-methyl/N-ethyl adjacent to an activating group) is 1. The quantitative estimate of drug-likeness (QED) is 0.723. The summed E-state index contributed by atoms with van der Waals surface area (Å²) in [6, 6.07) is -0.230. The minimum Gasteiger partial charge on any atom is -0.347 e. The largest absolute Gasteiger partial charge is 0.347 e. The Labute approximate surface area is 128 Å². The smallest absolute Gasteiger partial charge is 0.244 e. The first-order valence-corrected chi connectivity index (χ1v) is 7.28. The van der Waals surface area contributed by atoms with Crippen molar-refractivity contribution >= 4 is 24.2 Å². The first-order valence-electron chi connectivity index (χ1n) is 7.28. The Morgan fingerprint density at radius 3 is 2.45 bits per heavy atom. The van der Waals surface area contributed by atoms with Gasteiger partial charge in [-0.3, -0.25) is 9.59 Å². The SMILES string of the molecule is CN(C)C(=O)C1CCCN1C(=O)CCCCCCN.Cl. The van der Waals surface area contributed by atoms with Gasteiger partial charge in [-0.1, -0.05) is 12.8 Å². The molecule has 118 valence electrons. The van der Waals surface area contributed by atoms with Crippen LogP contribution in [0.1, 0.15) is 44.9 Å². The number of carbonyl (C=O) groups excluding carboxylic acids is 2. The Bertz CT molecular complexity index is 311. The van der Waals surface area contributed by atoms with Gasteiger partial charge in [0.25, 0.3) is 0 Å². The Balaban J connectivity index is 0.00000361. The summed E-state index contributed by atoms with van der Waals surface area (Å²) in [7, 11) is 3.49. The van der Waals surface area contributed by atoms with E-state index in [1.807, 2.05) is 0 Å². The van der Waals surface area contributed by atoms with E-state index < -0.39 is 0 Å². The molecule has 1 atom stereocenters. The topological polar surface area (TPSA) is 66.6 Å². The first-order chi connectivity index (χ1) is 9.07. The third kappa shape index (κ3) is 5.67. The highest BCUT2D eigenvalue weighted by atomic mass is 35.5. The maximum absolute atomic E-state index is 12.1. The molecule has 1 rings (SSSR count). The molecule has 1 aliphatic heterocycles. The molecule has 1 heterocycles. The lowest BCUT2D eigenvalue weighted by atomic mass is 10.1. The van der Waals surface area contributed by atoms with Crippen molar-refractivity contribution in [1.29, 1.82) is 0 Å². The molecule has 1 fully saturated rings. The highest BCUT2D eigenvalue weighted by molar-refractivity contribution is 5.88. The molecule has 0 aliphatic carbocycles. The van der Waals surface area contributed by atoms with Crippen molar-refractivity contribution < 1.29 is 9.59 Å². The lowest BCUT2D eigenvalue weighted by Crippen LogP contribution is -2.45. The van der Waals surface area contributed by atoms with Crippen molar-refractivity contribution in [2.75, 3.05) is 27.2 Å². The fourth-order valence-corrected chi connectivity index (χ4v) is 2.54. The molecule has 1 saturated heterocycles. The van der Waals surface area contributed by atoms with Crippen LogP contribution >= 0.6 is 12.4 Å². The number of halogens is 1. The number of hydrogen-bond donors (Lipinski definition) is 1. The van der Waals surface area contributed by atoms with Crippen LogP contribution in [0.3, 0.4) is 0 Å². The third-order valence-corrected chi connectivity index (χ3v) is 3.64. The summed E-state index contributed by atoms with van der Waals surface area (Å²) in [6.07, 6.45) is 6.35. The normalized spacial score (nSPS) is 17.8. The molecule has 0 aromatic heterocycles. The highest BCUT2D eigenvalue weighted by Gasteiger charge is 2.34. The van der Waals surface area contributed by atoms with Crippen LogP contribution in [0.25, 0.3) is 0 Å². The maximum Gasteiger partial charge on any atom is 0.244 e. The molecule has 0 radical (unpaired) electrons. The van der Waals surface area contributed by atoms with Gasteiger partial charge in [0.15, 0.2) is 0 Å². The van der Waals surface area contributed by atoms with Crippen LogP contribution < -0.4 is 5.73 Å². The van der Waals surface area contributed by atoms with Crippen LogP contribution in [0.15, 0.2) is 0 Å². The zero-order valence-electron chi connectivity index (χ0n) is 12.6. The predicted molar refractivity (Wildman–Crippen MR) is 82.8 cm³/mol. The van der Waals surface area contributed by atoms with Gasteiger partial charge >= 0.3 is 0 Å². The molecule has 0 aromatic carbocycles. The molecule has 5 nitrogen and oxygen atoms in total. The average molecular weight is 306 g/mol. The van der Waals surface area contributed by atoms with Crippen molar-refractivity contribution in [1.82, 2.24) is 9.80 Å². The van der Waals surface area contributed by atoms with Crippen LogP contribution in [0.5, 0.6) is 0 Å². The summed E-state index contributed by atoms with van der Waals surface area (Å²) in [5.74, 6) is 0.180. The number of rotatable bonds is 7. The second-order valence-electron chi connectivity index (χ2n) is 5.43. The van der Waals surface area contributed by atoms with E-state index in [0.717, 1.165) is 51.6 Å². The molecule has 1 unspecified atom stereocenters. The zero-order chi connectivity index (χ0) is 14.3. The summed E-state index contributed by atoms with van der Waals surface area (Å²) in [5.41, 5.74) is 5.43. The Hall–Kier alpha value is -0.810. The Morgan fingerprint density at radius 1 is 1.20 bits per heavy atom. The standard InChI is InChI=1S/C14H27N3O2.ClH/c1-16(2)14(19)12-8-7-11-17(12)13(18)9-5-3-4-6-10-15;/h12H,3-11,15H2,1-2H3;1H. The Kier molecular flexibility index (Phi) is 9.59. The lowest BCUT2D eigenvalue weighted by Gasteiger charge is -2.26. The molecule has 1 aliphatic rings. The van der Waals surface area contributed by atoms with E-state index in [0.29, 0.717) is 6.42 Å². The van der Waals surface area contributed by atoms with Gasteiger partial charge in [-0.2, -0.15) is 0 Å². The summed E-state index contributed by atoms with van der Waals surface area (Å²) < 4.78 is 0. The molecular formula is C14H28ClN3O2. The number of likely N-dealkylation sites (tertiary alicyclic amines) is 1. The molecule has 2 N–H and O–H groups in total. The van der Waals surface area contributed by atoms with E-state index in [-0.39, 0.29) is 30.3 Å². The zero-order valence-corrected chi connectivity index (χ0v) is 13.5. The van der Waals surface area contributed by atoms with Gasteiger partial charge in [0.1, 0.15) is 6.04 Å². The minimum atomic E-state index is -0.230. The molecule has 2 amide bonds. The molecule has 0 saturated carbocycles. The van der Waals surface area contributed by atoms with Crippen molar-refractivity contribution in [3.63, 3.8) is 0 Å². The maximum atomic E-state index is 12.1. The van der Waals surface area contributed by atoms with Crippen molar-refractivity contribution in [2.24, 2.45) is 5.73 Å². The Morgan fingerprint density at radius 2 is 1.85 bits per heavy atom. The third-order valence-electron chi connectivity index (χ3n) is 3.64. The number of unbranched alkanes of at least 4 members (excludes halogenated alkanes) is 3. The number of nitrogens with zero attached hydrogens (tertiary/aromatic N) is 2. The first kappa shape index (κ1) is 19.2. The fraction of sp³-hybridized carbons (Fsp3) is 0.857. The molecule has 20 heavy (non-hydrogen) atoms. The number of amides is 2. The highest BCUT2D eigenvalue weighted by Crippen LogP contribution is 2.20. The van der Waals surface area contributed by atoms with E-state index in [2.05, 4.69) is 0 Å². The second-order valence-corrected chi connectivity index (χ2v) is 5.43. The van der Waals surface area contributed by atoms with E-state index >= 15 is 0 Å². The molecule has 6 heteroatoms.